The number of thiophene rings is 1. The molecule has 1 aromatic heterocycles. The quantitative estimate of drug-likeness (QED) is 0.833. The average molecular weight is 376 g/mol. The van der Waals surface area contributed by atoms with Gasteiger partial charge >= 0.3 is 5.97 Å². The van der Waals surface area contributed by atoms with Crippen LogP contribution in [-0.2, 0) is 14.8 Å². The Morgan fingerprint density at radius 1 is 1.25 bits per heavy atom. The molecular formula is C12H10BrNO4S2. The predicted octanol–water partition coefficient (Wildman–Crippen LogP) is 3.10. The monoisotopic (exact) mass is 375 g/mol. The number of carbonyl (C=O) groups excluding carboxylic acids is 1. The Labute approximate surface area is 128 Å². The van der Waals surface area contributed by atoms with E-state index in [2.05, 4.69) is 25.4 Å². The van der Waals surface area contributed by atoms with Crippen LogP contribution in [-0.4, -0.2) is 21.5 Å². The molecule has 0 radical (unpaired) electrons. The molecule has 0 fully saturated rings. The van der Waals surface area contributed by atoms with Gasteiger partial charge in [0.1, 0.15) is 14.8 Å². The standard InChI is InChI=1S/C12H10BrNO4S2/c1-18-12(15)9-6-7-11(19-9)14-20(16,17)10-5-3-2-4-8(10)13/h2-7,14H,1H3. The molecule has 106 valence electrons. The first kappa shape index (κ1) is 15.0. The molecule has 0 aliphatic carbocycles. The van der Waals surface area contributed by atoms with Gasteiger partial charge < -0.3 is 4.74 Å². The highest BCUT2D eigenvalue weighted by Gasteiger charge is 2.19. The van der Waals surface area contributed by atoms with E-state index in [-0.39, 0.29) is 4.90 Å². The van der Waals surface area contributed by atoms with Gasteiger partial charge in [0.15, 0.2) is 0 Å². The van der Waals surface area contributed by atoms with Crippen molar-refractivity contribution >= 4 is 48.3 Å². The topological polar surface area (TPSA) is 72.5 Å². The summed E-state index contributed by atoms with van der Waals surface area (Å²) in [5.41, 5.74) is 0. The Hall–Kier alpha value is -1.38. The molecule has 0 bridgehead atoms. The van der Waals surface area contributed by atoms with Crippen LogP contribution in [0, 0.1) is 0 Å². The lowest BCUT2D eigenvalue weighted by Gasteiger charge is -2.07. The zero-order chi connectivity index (χ0) is 14.8. The van der Waals surface area contributed by atoms with E-state index in [4.69, 9.17) is 0 Å². The summed E-state index contributed by atoms with van der Waals surface area (Å²) in [6, 6.07) is 9.51. The van der Waals surface area contributed by atoms with Gasteiger partial charge in [-0.25, -0.2) is 13.2 Å². The number of carbonyl (C=O) groups is 1. The van der Waals surface area contributed by atoms with Crippen LogP contribution in [0.1, 0.15) is 9.67 Å². The van der Waals surface area contributed by atoms with Crippen molar-refractivity contribution in [3.63, 3.8) is 0 Å². The highest BCUT2D eigenvalue weighted by Crippen LogP contribution is 2.28. The maximum absolute atomic E-state index is 12.2. The number of esters is 1. The molecule has 0 atom stereocenters. The van der Waals surface area contributed by atoms with Gasteiger partial charge in [0.05, 0.1) is 7.11 Å². The summed E-state index contributed by atoms with van der Waals surface area (Å²) in [5.74, 6) is -0.499. The zero-order valence-electron chi connectivity index (χ0n) is 10.3. The van der Waals surface area contributed by atoms with Gasteiger partial charge in [-0.2, -0.15) is 0 Å². The van der Waals surface area contributed by atoms with E-state index in [1.54, 1.807) is 18.2 Å². The molecule has 8 heteroatoms. The van der Waals surface area contributed by atoms with E-state index in [9.17, 15) is 13.2 Å². The van der Waals surface area contributed by atoms with E-state index in [0.717, 1.165) is 11.3 Å². The van der Waals surface area contributed by atoms with Crippen molar-refractivity contribution in [1.29, 1.82) is 0 Å². The Morgan fingerprint density at radius 3 is 2.60 bits per heavy atom. The normalized spacial score (nSPS) is 11.1. The summed E-state index contributed by atoms with van der Waals surface area (Å²) in [4.78, 5) is 11.8. The van der Waals surface area contributed by atoms with Crippen molar-refractivity contribution in [3.8, 4) is 0 Å². The van der Waals surface area contributed by atoms with Crippen LogP contribution in [0.2, 0.25) is 0 Å². The van der Waals surface area contributed by atoms with Crippen LogP contribution >= 0.6 is 27.3 Å². The molecule has 0 saturated heterocycles. The van der Waals surface area contributed by atoms with Gasteiger partial charge in [-0.1, -0.05) is 12.1 Å². The molecule has 1 heterocycles. The first-order valence-corrected chi connectivity index (χ1v) is 8.49. The van der Waals surface area contributed by atoms with E-state index in [1.807, 2.05) is 0 Å². The zero-order valence-corrected chi connectivity index (χ0v) is 13.5. The number of nitrogens with one attached hydrogen (secondary N) is 1. The SMILES string of the molecule is COC(=O)c1ccc(NS(=O)(=O)c2ccccc2Br)s1. The minimum Gasteiger partial charge on any atom is -0.465 e. The maximum atomic E-state index is 12.2. The van der Waals surface area contributed by atoms with Crippen molar-refractivity contribution in [1.82, 2.24) is 0 Å². The van der Waals surface area contributed by atoms with Gasteiger partial charge in [0, 0.05) is 4.47 Å². The summed E-state index contributed by atoms with van der Waals surface area (Å²) >= 11 is 4.21. The fourth-order valence-corrected chi connectivity index (χ4v) is 4.57. The molecule has 1 N–H and O–H groups in total. The Bertz CT molecular complexity index is 739. The highest BCUT2D eigenvalue weighted by molar-refractivity contribution is 9.10. The summed E-state index contributed by atoms with van der Waals surface area (Å²) in [5, 5.41) is 0.348. The largest absolute Gasteiger partial charge is 0.465 e. The Kier molecular flexibility index (Phi) is 4.46. The number of benzene rings is 1. The summed E-state index contributed by atoms with van der Waals surface area (Å²) in [6.45, 7) is 0. The number of halogens is 1. The van der Waals surface area contributed by atoms with Crippen LogP contribution in [0.3, 0.4) is 0 Å². The van der Waals surface area contributed by atoms with Gasteiger partial charge in [-0.3, -0.25) is 4.72 Å². The van der Waals surface area contributed by atoms with E-state index >= 15 is 0 Å². The first-order valence-electron chi connectivity index (χ1n) is 5.39. The van der Waals surface area contributed by atoms with Gasteiger partial charge in [0.25, 0.3) is 10.0 Å². The number of rotatable bonds is 4. The van der Waals surface area contributed by atoms with Crippen LogP contribution in [0.25, 0.3) is 0 Å². The molecule has 2 rings (SSSR count). The number of methoxy groups -OCH3 is 1. The van der Waals surface area contributed by atoms with Gasteiger partial charge in [-0.05, 0) is 40.2 Å². The van der Waals surface area contributed by atoms with Crippen molar-refractivity contribution in [2.45, 2.75) is 4.90 Å². The summed E-state index contributed by atoms with van der Waals surface area (Å²) in [7, 11) is -2.43. The van der Waals surface area contributed by atoms with Crippen LogP contribution in [0.4, 0.5) is 5.00 Å². The number of hydrogen-bond donors (Lipinski definition) is 1. The number of anilines is 1. The third kappa shape index (κ3) is 3.20. The summed E-state index contributed by atoms with van der Waals surface area (Å²) < 4.78 is 31.9. The fourth-order valence-electron chi connectivity index (χ4n) is 1.45. The molecule has 0 aliphatic rings. The van der Waals surface area contributed by atoms with Gasteiger partial charge in [0.2, 0.25) is 0 Å². The van der Waals surface area contributed by atoms with Crippen molar-refractivity contribution in [2.24, 2.45) is 0 Å². The second-order valence-corrected chi connectivity index (χ2v) is 7.28. The minimum absolute atomic E-state index is 0.132. The maximum Gasteiger partial charge on any atom is 0.348 e. The molecule has 2 aromatic rings. The molecule has 0 aliphatic heterocycles. The van der Waals surface area contributed by atoms with E-state index < -0.39 is 16.0 Å². The predicted molar refractivity (Wildman–Crippen MR) is 80.6 cm³/mol. The number of sulfonamides is 1. The highest BCUT2D eigenvalue weighted by atomic mass is 79.9. The van der Waals surface area contributed by atoms with Crippen LogP contribution in [0.5, 0.6) is 0 Å². The number of ether oxygens (including phenoxy) is 1. The molecule has 1 aromatic carbocycles. The Morgan fingerprint density at radius 2 is 1.95 bits per heavy atom. The minimum atomic E-state index is -3.70. The lowest BCUT2D eigenvalue weighted by Crippen LogP contribution is -2.12. The molecule has 0 saturated carbocycles. The molecule has 0 unspecified atom stereocenters. The smallest absolute Gasteiger partial charge is 0.348 e. The van der Waals surface area contributed by atoms with Crippen molar-refractivity contribution in [2.75, 3.05) is 11.8 Å². The molecule has 20 heavy (non-hydrogen) atoms. The third-order valence-corrected chi connectivity index (χ3v) is 5.84. The van der Waals surface area contributed by atoms with Crippen LogP contribution < -0.4 is 4.72 Å². The first-order chi connectivity index (χ1) is 9.44. The lowest BCUT2D eigenvalue weighted by molar-refractivity contribution is 0.0606. The van der Waals surface area contributed by atoms with Gasteiger partial charge in [-0.15, -0.1) is 11.3 Å². The third-order valence-electron chi connectivity index (χ3n) is 2.35. The lowest BCUT2D eigenvalue weighted by atomic mass is 10.4. The van der Waals surface area contributed by atoms with Crippen LogP contribution in [0.15, 0.2) is 45.8 Å². The average Bonchev–Trinajstić information content (AvgIpc) is 2.85. The fraction of sp³-hybridized carbons (Fsp3) is 0.0833. The van der Waals surface area contributed by atoms with Crippen molar-refractivity contribution in [3.05, 3.63) is 45.7 Å². The second-order valence-electron chi connectivity index (χ2n) is 3.69. The van der Waals surface area contributed by atoms with E-state index in [1.165, 1.54) is 25.3 Å². The molecule has 0 amide bonds. The number of hydrogen-bond acceptors (Lipinski definition) is 5. The molecular weight excluding hydrogens is 366 g/mol. The van der Waals surface area contributed by atoms with Crippen molar-refractivity contribution < 1.29 is 17.9 Å². The molecule has 5 nitrogen and oxygen atoms in total. The molecule has 0 spiro atoms. The Balaban J connectivity index is 2.27. The second kappa shape index (κ2) is 5.94. The summed E-state index contributed by atoms with van der Waals surface area (Å²) in [6.07, 6.45) is 0. The van der Waals surface area contributed by atoms with E-state index in [0.29, 0.717) is 14.4 Å².